The Morgan fingerprint density at radius 1 is 1.12 bits per heavy atom. The van der Waals surface area contributed by atoms with Gasteiger partial charge in [-0.25, -0.2) is 13.4 Å². The van der Waals surface area contributed by atoms with E-state index in [-0.39, 0.29) is 10.8 Å². The average Bonchev–Trinajstić information content (AvgIpc) is 3.21. The van der Waals surface area contributed by atoms with E-state index in [9.17, 15) is 13.2 Å². The molecule has 164 valence electrons. The molecule has 32 heavy (non-hydrogen) atoms. The maximum absolute atomic E-state index is 13.7. The number of rotatable bonds is 7. The third kappa shape index (κ3) is 4.85. The first-order chi connectivity index (χ1) is 15.4. The number of pyridine rings is 1. The molecule has 0 saturated carbocycles. The molecule has 0 fully saturated rings. The molecule has 6 nitrogen and oxygen atoms in total. The van der Waals surface area contributed by atoms with Crippen LogP contribution in [0.2, 0.25) is 0 Å². The number of benzene rings is 2. The number of carbonyl (C=O) groups is 1. The van der Waals surface area contributed by atoms with Gasteiger partial charge in [0, 0.05) is 23.5 Å². The highest BCUT2D eigenvalue weighted by molar-refractivity contribution is 7.99. The smallest absolute Gasteiger partial charge is 0.261 e. The number of amides is 1. The van der Waals surface area contributed by atoms with Crippen LogP contribution in [-0.4, -0.2) is 36.3 Å². The average molecular weight is 484 g/mol. The van der Waals surface area contributed by atoms with Gasteiger partial charge in [0.1, 0.15) is 0 Å². The van der Waals surface area contributed by atoms with Crippen LogP contribution in [0.1, 0.15) is 22.8 Å². The normalized spacial score (nSPS) is 11.6. The lowest BCUT2D eigenvalue weighted by molar-refractivity contribution is 0.0982. The van der Waals surface area contributed by atoms with Gasteiger partial charge in [-0.1, -0.05) is 36.5 Å². The molecule has 9 heteroatoms. The minimum Gasteiger partial charge on any atom is -0.279 e. The first kappa shape index (κ1) is 22.4. The van der Waals surface area contributed by atoms with Crippen molar-refractivity contribution in [2.45, 2.75) is 23.3 Å². The number of nitrogens with zero attached hydrogens (tertiary/aromatic N) is 3. The quantitative estimate of drug-likeness (QED) is 0.342. The Kier molecular flexibility index (Phi) is 6.59. The summed E-state index contributed by atoms with van der Waals surface area (Å²) in [5.41, 5.74) is 2.13. The number of carbonyl (C=O) groups excluding carboxylic acids is 1. The summed E-state index contributed by atoms with van der Waals surface area (Å²) >= 11 is 2.91. The fourth-order valence-corrected chi connectivity index (χ4v) is 5.73. The number of anilines is 1. The lowest BCUT2D eigenvalue weighted by Gasteiger charge is -2.21. The Hall–Kier alpha value is -2.75. The zero-order valence-corrected chi connectivity index (χ0v) is 20.0. The molecule has 0 aliphatic heterocycles. The Morgan fingerprint density at radius 2 is 1.94 bits per heavy atom. The number of aromatic nitrogens is 2. The molecule has 4 rings (SSSR count). The summed E-state index contributed by atoms with van der Waals surface area (Å²) in [4.78, 5) is 25.3. The third-order valence-corrected chi connectivity index (χ3v) is 7.84. The molecule has 2 aromatic heterocycles. The van der Waals surface area contributed by atoms with Crippen LogP contribution in [0.5, 0.6) is 0 Å². The van der Waals surface area contributed by atoms with E-state index in [1.807, 2.05) is 43.3 Å². The summed E-state index contributed by atoms with van der Waals surface area (Å²) in [6.45, 7) is 2.35. The van der Waals surface area contributed by atoms with E-state index in [0.29, 0.717) is 27.5 Å². The van der Waals surface area contributed by atoms with Gasteiger partial charge in [-0.2, -0.15) is 0 Å². The Labute approximate surface area is 195 Å². The second-order valence-electron chi connectivity index (χ2n) is 7.08. The van der Waals surface area contributed by atoms with Gasteiger partial charge in [-0.05, 0) is 47.7 Å². The molecule has 0 bridgehead atoms. The van der Waals surface area contributed by atoms with Crippen molar-refractivity contribution in [1.29, 1.82) is 0 Å². The Morgan fingerprint density at radius 3 is 2.66 bits per heavy atom. The second kappa shape index (κ2) is 9.40. The van der Waals surface area contributed by atoms with Crippen molar-refractivity contribution in [3.8, 4) is 0 Å². The summed E-state index contributed by atoms with van der Waals surface area (Å²) in [7, 11) is -3.34. The van der Waals surface area contributed by atoms with Crippen LogP contribution in [0.25, 0.3) is 10.2 Å². The van der Waals surface area contributed by atoms with Gasteiger partial charge >= 0.3 is 0 Å². The van der Waals surface area contributed by atoms with E-state index in [1.54, 1.807) is 47.3 Å². The van der Waals surface area contributed by atoms with Crippen LogP contribution >= 0.6 is 23.1 Å². The van der Waals surface area contributed by atoms with Crippen LogP contribution < -0.4 is 4.90 Å². The van der Waals surface area contributed by atoms with Gasteiger partial charge in [0.05, 0.1) is 27.2 Å². The zero-order valence-electron chi connectivity index (χ0n) is 17.6. The number of hydrogen-bond donors (Lipinski definition) is 0. The predicted octanol–water partition coefficient (Wildman–Crippen LogP) is 5.05. The van der Waals surface area contributed by atoms with E-state index in [2.05, 4.69) is 9.97 Å². The number of thioether (sulfide) groups is 1. The number of thiazole rings is 1. The van der Waals surface area contributed by atoms with Gasteiger partial charge in [-0.15, -0.1) is 11.8 Å². The molecule has 0 atom stereocenters. The molecule has 4 aromatic rings. The van der Waals surface area contributed by atoms with E-state index in [0.717, 1.165) is 16.2 Å². The largest absolute Gasteiger partial charge is 0.279 e. The lowest BCUT2D eigenvalue weighted by Crippen LogP contribution is -2.30. The van der Waals surface area contributed by atoms with E-state index in [1.165, 1.54) is 17.6 Å². The van der Waals surface area contributed by atoms with E-state index < -0.39 is 9.84 Å². The molecule has 2 heterocycles. The maximum Gasteiger partial charge on any atom is 0.261 e. The monoisotopic (exact) mass is 483 g/mol. The van der Waals surface area contributed by atoms with Crippen molar-refractivity contribution in [2.75, 3.05) is 16.9 Å². The number of sulfone groups is 1. The molecule has 0 aliphatic carbocycles. The van der Waals surface area contributed by atoms with Crippen LogP contribution in [0.4, 0.5) is 5.13 Å². The SMILES string of the molecule is CCSc1ccccc1C(=O)N(Cc1cccnc1)c1nc2ccc(S(C)(=O)=O)cc2s1. The van der Waals surface area contributed by atoms with Crippen molar-refractivity contribution in [2.24, 2.45) is 0 Å². The van der Waals surface area contributed by atoms with E-state index >= 15 is 0 Å². The predicted molar refractivity (Wildman–Crippen MR) is 130 cm³/mol. The minimum absolute atomic E-state index is 0.159. The summed E-state index contributed by atoms with van der Waals surface area (Å²) in [6, 6.07) is 16.1. The van der Waals surface area contributed by atoms with Crippen LogP contribution in [-0.2, 0) is 16.4 Å². The molecule has 0 radical (unpaired) electrons. The van der Waals surface area contributed by atoms with Gasteiger partial charge in [-0.3, -0.25) is 14.7 Å². The summed E-state index contributed by atoms with van der Waals surface area (Å²) in [5, 5.41) is 0.510. The summed E-state index contributed by atoms with van der Waals surface area (Å²) in [5.74, 6) is 0.690. The van der Waals surface area contributed by atoms with Crippen molar-refractivity contribution >= 4 is 54.2 Å². The van der Waals surface area contributed by atoms with Crippen molar-refractivity contribution in [1.82, 2.24) is 9.97 Å². The van der Waals surface area contributed by atoms with Gasteiger partial charge in [0.2, 0.25) is 0 Å². The standard InChI is InChI=1S/C23H21N3O3S3/c1-3-30-20-9-5-4-8-18(20)22(27)26(15-16-7-6-12-24-14-16)23-25-19-11-10-17(32(2,28)29)13-21(19)31-23/h4-14H,3,15H2,1-2H3. The first-order valence-corrected chi connectivity index (χ1v) is 13.6. The molecular weight excluding hydrogens is 462 g/mol. The number of hydrogen-bond acceptors (Lipinski definition) is 7. The molecule has 1 amide bonds. The fourth-order valence-electron chi connectivity index (χ4n) is 3.21. The fraction of sp³-hybridized carbons (Fsp3) is 0.174. The second-order valence-corrected chi connectivity index (χ2v) is 11.4. The molecular formula is C23H21N3O3S3. The van der Waals surface area contributed by atoms with Crippen molar-refractivity contribution < 1.29 is 13.2 Å². The minimum atomic E-state index is -3.34. The maximum atomic E-state index is 13.7. The van der Waals surface area contributed by atoms with E-state index in [4.69, 9.17) is 0 Å². The van der Waals surface area contributed by atoms with Crippen molar-refractivity contribution in [3.63, 3.8) is 0 Å². The lowest BCUT2D eigenvalue weighted by atomic mass is 10.2. The number of fused-ring (bicyclic) bond motifs is 1. The van der Waals surface area contributed by atoms with Crippen LogP contribution in [0.3, 0.4) is 0 Å². The molecule has 0 N–H and O–H groups in total. The first-order valence-electron chi connectivity index (χ1n) is 9.90. The van der Waals surface area contributed by atoms with Gasteiger partial charge < -0.3 is 0 Å². The topological polar surface area (TPSA) is 80.2 Å². The van der Waals surface area contributed by atoms with Gasteiger partial charge in [0.25, 0.3) is 5.91 Å². The van der Waals surface area contributed by atoms with Crippen LogP contribution in [0.15, 0.2) is 76.8 Å². The highest BCUT2D eigenvalue weighted by Crippen LogP contribution is 2.33. The summed E-state index contributed by atoms with van der Waals surface area (Å²) < 4.78 is 24.6. The molecule has 0 spiro atoms. The zero-order chi connectivity index (χ0) is 22.7. The van der Waals surface area contributed by atoms with Crippen molar-refractivity contribution in [3.05, 3.63) is 78.1 Å². The summed E-state index contributed by atoms with van der Waals surface area (Å²) in [6.07, 6.45) is 4.59. The molecule has 2 aromatic carbocycles. The van der Waals surface area contributed by atoms with Gasteiger partial charge in [0.15, 0.2) is 15.0 Å². The molecule has 0 aliphatic rings. The Balaban J connectivity index is 1.80. The third-order valence-electron chi connectivity index (χ3n) is 4.73. The molecule has 0 unspecified atom stereocenters. The molecule has 0 saturated heterocycles. The Bertz CT molecular complexity index is 1370. The highest BCUT2D eigenvalue weighted by atomic mass is 32.2. The highest BCUT2D eigenvalue weighted by Gasteiger charge is 2.24. The van der Waals surface area contributed by atoms with Crippen LogP contribution in [0, 0.1) is 0 Å².